The first kappa shape index (κ1) is 9.34. The molecule has 3 heteroatoms. The van der Waals surface area contributed by atoms with E-state index in [0.29, 0.717) is 0 Å². The lowest BCUT2D eigenvalue weighted by Gasteiger charge is -2.10. The van der Waals surface area contributed by atoms with Crippen LogP contribution in [-0.2, 0) is 11.2 Å². The summed E-state index contributed by atoms with van der Waals surface area (Å²) in [6, 6.07) is 6.45. The molecule has 1 aromatic rings. The van der Waals surface area contributed by atoms with Crippen molar-refractivity contribution in [2.75, 3.05) is 24.4 Å². The monoisotopic (exact) mass is 192 g/mol. The maximum atomic E-state index is 5.24. The number of anilines is 2. The molecule has 14 heavy (non-hydrogen) atoms. The highest BCUT2D eigenvalue weighted by Crippen LogP contribution is 2.27. The van der Waals surface area contributed by atoms with Gasteiger partial charge in [-0.2, -0.15) is 0 Å². The molecule has 2 rings (SSSR count). The lowest BCUT2D eigenvalue weighted by Crippen LogP contribution is -2.08. The zero-order valence-corrected chi connectivity index (χ0v) is 8.63. The number of methoxy groups -OCH3 is 1. The second kappa shape index (κ2) is 3.88. The molecule has 76 valence electrons. The van der Waals surface area contributed by atoms with Gasteiger partial charge < -0.3 is 15.4 Å². The van der Waals surface area contributed by atoms with Gasteiger partial charge in [0.05, 0.1) is 24.1 Å². The van der Waals surface area contributed by atoms with E-state index in [2.05, 4.69) is 35.8 Å². The molecule has 0 aliphatic carbocycles. The van der Waals surface area contributed by atoms with Gasteiger partial charge in [0, 0.05) is 7.11 Å². The van der Waals surface area contributed by atoms with Crippen molar-refractivity contribution in [1.82, 2.24) is 0 Å². The molecule has 1 aromatic carbocycles. The van der Waals surface area contributed by atoms with Crippen LogP contribution in [0.3, 0.4) is 0 Å². The Balaban J connectivity index is 2.12. The van der Waals surface area contributed by atoms with Crippen molar-refractivity contribution >= 4 is 11.4 Å². The van der Waals surface area contributed by atoms with Gasteiger partial charge in [-0.1, -0.05) is 6.07 Å². The number of ether oxygens (including phenoxy) is 1. The van der Waals surface area contributed by atoms with Gasteiger partial charge in [0.25, 0.3) is 0 Å². The highest BCUT2D eigenvalue weighted by Gasteiger charge is 2.10. The normalized spacial score (nSPS) is 15.6. The standard InChI is InChI=1S/C11H16N2O/c1-8(14-2)5-9-3-4-10-11(6-9)13-7-12-10/h3-4,6,8,12-13H,5,7H2,1-2H3. The van der Waals surface area contributed by atoms with Gasteiger partial charge in [0.2, 0.25) is 0 Å². The van der Waals surface area contributed by atoms with Crippen molar-refractivity contribution in [1.29, 1.82) is 0 Å². The van der Waals surface area contributed by atoms with Gasteiger partial charge in [0.1, 0.15) is 0 Å². The lowest BCUT2D eigenvalue weighted by atomic mass is 10.1. The molecule has 1 atom stereocenters. The lowest BCUT2D eigenvalue weighted by molar-refractivity contribution is 0.119. The molecule has 1 heterocycles. The van der Waals surface area contributed by atoms with Crippen molar-refractivity contribution in [3.63, 3.8) is 0 Å². The summed E-state index contributed by atoms with van der Waals surface area (Å²) in [6.07, 6.45) is 1.24. The fourth-order valence-electron chi connectivity index (χ4n) is 1.67. The molecule has 0 amide bonds. The molecule has 0 bridgehead atoms. The van der Waals surface area contributed by atoms with Crippen molar-refractivity contribution in [2.45, 2.75) is 19.4 Å². The maximum absolute atomic E-state index is 5.24. The van der Waals surface area contributed by atoms with Crippen LogP contribution in [0.4, 0.5) is 11.4 Å². The molecule has 3 nitrogen and oxygen atoms in total. The smallest absolute Gasteiger partial charge is 0.0850 e. The molecule has 0 fully saturated rings. The van der Waals surface area contributed by atoms with E-state index in [1.54, 1.807) is 7.11 Å². The quantitative estimate of drug-likeness (QED) is 0.769. The van der Waals surface area contributed by atoms with E-state index in [0.717, 1.165) is 13.1 Å². The minimum absolute atomic E-state index is 0.280. The van der Waals surface area contributed by atoms with Crippen LogP contribution in [0.5, 0.6) is 0 Å². The van der Waals surface area contributed by atoms with E-state index in [9.17, 15) is 0 Å². The summed E-state index contributed by atoms with van der Waals surface area (Å²) in [6.45, 7) is 2.91. The summed E-state index contributed by atoms with van der Waals surface area (Å²) < 4.78 is 5.24. The zero-order chi connectivity index (χ0) is 9.97. The molecule has 0 spiro atoms. The average molecular weight is 192 g/mol. The number of benzene rings is 1. The number of hydrogen-bond donors (Lipinski definition) is 2. The summed E-state index contributed by atoms with van der Waals surface area (Å²) in [7, 11) is 1.75. The SMILES string of the molecule is COC(C)Cc1ccc2c(c1)NCN2. The molecule has 1 unspecified atom stereocenters. The molecule has 0 saturated carbocycles. The van der Waals surface area contributed by atoms with Gasteiger partial charge >= 0.3 is 0 Å². The highest BCUT2D eigenvalue weighted by atomic mass is 16.5. The zero-order valence-electron chi connectivity index (χ0n) is 8.63. The number of nitrogens with one attached hydrogen (secondary N) is 2. The van der Waals surface area contributed by atoms with Gasteiger partial charge in [-0.3, -0.25) is 0 Å². The maximum Gasteiger partial charge on any atom is 0.0850 e. The largest absolute Gasteiger partial charge is 0.381 e. The summed E-state index contributed by atoms with van der Waals surface area (Å²) in [5, 5.41) is 6.53. The molecule has 0 aromatic heterocycles. The van der Waals surface area contributed by atoms with Crippen molar-refractivity contribution < 1.29 is 4.74 Å². The molecule has 1 aliphatic rings. The minimum Gasteiger partial charge on any atom is -0.381 e. The van der Waals surface area contributed by atoms with Gasteiger partial charge in [0.15, 0.2) is 0 Å². The number of rotatable bonds is 3. The average Bonchev–Trinajstić information content (AvgIpc) is 2.64. The number of fused-ring (bicyclic) bond motifs is 1. The predicted molar refractivity (Wildman–Crippen MR) is 58.7 cm³/mol. The second-order valence-electron chi connectivity index (χ2n) is 3.66. The first-order valence-electron chi connectivity index (χ1n) is 4.93. The number of hydrogen-bond acceptors (Lipinski definition) is 3. The Labute approximate surface area is 84.5 Å². The van der Waals surface area contributed by atoms with Crippen molar-refractivity contribution in [2.24, 2.45) is 0 Å². The van der Waals surface area contributed by atoms with Gasteiger partial charge in [-0.05, 0) is 31.0 Å². The molecule has 2 N–H and O–H groups in total. The summed E-state index contributed by atoms with van der Waals surface area (Å²) >= 11 is 0. The minimum atomic E-state index is 0.280. The van der Waals surface area contributed by atoms with E-state index in [1.807, 2.05) is 0 Å². The van der Waals surface area contributed by atoms with Crippen LogP contribution >= 0.6 is 0 Å². The topological polar surface area (TPSA) is 33.3 Å². The van der Waals surface area contributed by atoms with Gasteiger partial charge in [-0.25, -0.2) is 0 Å². The Morgan fingerprint density at radius 3 is 2.93 bits per heavy atom. The Hall–Kier alpha value is -1.22. The van der Waals surface area contributed by atoms with Crippen molar-refractivity contribution in [3.8, 4) is 0 Å². The van der Waals surface area contributed by atoms with E-state index >= 15 is 0 Å². The molecular formula is C11H16N2O. The van der Waals surface area contributed by atoms with Gasteiger partial charge in [-0.15, -0.1) is 0 Å². The van der Waals surface area contributed by atoms with E-state index < -0.39 is 0 Å². The molecular weight excluding hydrogens is 176 g/mol. The van der Waals surface area contributed by atoms with E-state index in [-0.39, 0.29) is 6.10 Å². The first-order chi connectivity index (χ1) is 6.79. The Kier molecular flexibility index (Phi) is 2.59. The fraction of sp³-hybridized carbons (Fsp3) is 0.455. The van der Waals surface area contributed by atoms with E-state index in [4.69, 9.17) is 4.74 Å². The molecule has 1 aliphatic heterocycles. The van der Waals surface area contributed by atoms with E-state index in [1.165, 1.54) is 16.9 Å². The summed E-state index contributed by atoms with van der Waals surface area (Å²) in [5.74, 6) is 0. The van der Waals surface area contributed by atoms with Crippen LogP contribution in [0.2, 0.25) is 0 Å². The molecule has 0 radical (unpaired) electrons. The van der Waals surface area contributed by atoms with Crippen LogP contribution in [0.25, 0.3) is 0 Å². The second-order valence-corrected chi connectivity index (χ2v) is 3.66. The van der Waals surface area contributed by atoms with Crippen LogP contribution in [-0.4, -0.2) is 19.9 Å². The third-order valence-electron chi connectivity index (χ3n) is 2.57. The Morgan fingerprint density at radius 1 is 1.36 bits per heavy atom. The third-order valence-corrected chi connectivity index (χ3v) is 2.57. The van der Waals surface area contributed by atoms with Crippen LogP contribution in [0, 0.1) is 0 Å². The fourth-order valence-corrected chi connectivity index (χ4v) is 1.67. The van der Waals surface area contributed by atoms with Crippen LogP contribution in [0.1, 0.15) is 12.5 Å². The van der Waals surface area contributed by atoms with Crippen LogP contribution < -0.4 is 10.6 Å². The Bertz CT molecular complexity index is 325. The predicted octanol–water partition coefficient (Wildman–Crippen LogP) is 2.06. The summed E-state index contributed by atoms with van der Waals surface area (Å²) in [4.78, 5) is 0. The van der Waals surface area contributed by atoms with Crippen LogP contribution in [0.15, 0.2) is 18.2 Å². The highest BCUT2D eigenvalue weighted by molar-refractivity contribution is 5.73. The summed E-state index contributed by atoms with van der Waals surface area (Å²) in [5.41, 5.74) is 3.71. The Morgan fingerprint density at radius 2 is 2.14 bits per heavy atom. The molecule has 0 saturated heterocycles. The third kappa shape index (κ3) is 1.82. The first-order valence-corrected chi connectivity index (χ1v) is 4.93. The van der Waals surface area contributed by atoms with Crippen molar-refractivity contribution in [3.05, 3.63) is 23.8 Å².